The molecule has 0 aromatic carbocycles. The van der Waals surface area contributed by atoms with Crippen molar-refractivity contribution in [2.45, 2.75) is 64.7 Å². The number of rotatable bonds is 6. The third-order valence-corrected chi connectivity index (χ3v) is 5.21. The highest BCUT2D eigenvalue weighted by Crippen LogP contribution is 2.22. The lowest BCUT2D eigenvalue weighted by Crippen LogP contribution is -2.51. The van der Waals surface area contributed by atoms with Gasteiger partial charge in [0, 0.05) is 19.1 Å². The van der Waals surface area contributed by atoms with E-state index >= 15 is 0 Å². The molecule has 0 saturated carbocycles. The summed E-state index contributed by atoms with van der Waals surface area (Å²) in [5.74, 6) is 1.40. The Balaban J connectivity index is 0.00000264. The number of piperidine rings is 1. The van der Waals surface area contributed by atoms with Gasteiger partial charge in [0.15, 0.2) is 0 Å². The van der Waals surface area contributed by atoms with Crippen LogP contribution >= 0.6 is 24.8 Å². The molecule has 0 bridgehead atoms. The van der Waals surface area contributed by atoms with Crippen molar-refractivity contribution in [3.63, 3.8) is 0 Å². The first-order chi connectivity index (χ1) is 10.5. The van der Waals surface area contributed by atoms with Gasteiger partial charge in [0.2, 0.25) is 5.91 Å². The molecule has 1 amide bonds. The van der Waals surface area contributed by atoms with Gasteiger partial charge in [0.25, 0.3) is 0 Å². The first kappa shape index (κ1) is 23.9. The lowest BCUT2D eigenvalue weighted by molar-refractivity contribution is -0.132. The predicted molar refractivity (Wildman–Crippen MR) is 103 cm³/mol. The fourth-order valence-electron chi connectivity index (χ4n) is 3.54. The Morgan fingerprint density at radius 3 is 2.33 bits per heavy atom. The molecule has 2 rings (SSSR count). The second-order valence-corrected chi connectivity index (χ2v) is 7.33. The molecule has 2 fully saturated rings. The summed E-state index contributed by atoms with van der Waals surface area (Å²) in [4.78, 5) is 14.8. The summed E-state index contributed by atoms with van der Waals surface area (Å²) < 4.78 is 5.67. The minimum atomic E-state index is -0.303. The molecule has 5 nitrogen and oxygen atoms in total. The lowest BCUT2D eigenvalue weighted by Gasteiger charge is -2.39. The lowest BCUT2D eigenvalue weighted by atomic mass is 9.94. The smallest absolute Gasteiger partial charge is 0.249 e. The van der Waals surface area contributed by atoms with Crippen LogP contribution in [0.2, 0.25) is 0 Å². The van der Waals surface area contributed by atoms with Gasteiger partial charge < -0.3 is 15.8 Å². The van der Waals surface area contributed by atoms with Crippen LogP contribution < -0.4 is 11.1 Å². The van der Waals surface area contributed by atoms with Crippen LogP contribution in [0.25, 0.3) is 0 Å². The molecule has 0 radical (unpaired) electrons. The number of nitrogens with two attached hydrogens (primary N) is 1. The number of nitrogens with zero attached hydrogens (tertiary/aromatic N) is 1. The maximum absolute atomic E-state index is 12.3. The van der Waals surface area contributed by atoms with Crippen LogP contribution in [0, 0.1) is 11.8 Å². The van der Waals surface area contributed by atoms with E-state index in [-0.39, 0.29) is 42.9 Å². The van der Waals surface area contributed by atoms with Gasteiger partial charge >= 0.3 is 0 Å². The Bertz CT molecular complexity index is 364. The molecule has 24 heavy (non-hydrogen) atoms. The summed E-state index contributed by atoms with van der Waals surface area (Å²) in [6.45, 7) is 10.3. The first-order valence-corrected chi connectivity index (χ1v) is 8.88. The second kappa shape index (κ2) is 11.5. The van der Waals surface area contributed by atoms with E-state index in [1.807, 2.05) is 0 Å². The Morgan fingerprint density at radius 2 is 1.83 bits per heavy atom. The number of ether oxygens (including phenoxy) is 1. The standard InChI is InChI=1S/C17H33N3O2.2ClH/c1-12(2)15(20-8-6-13(3)7-9-20)11-19-17(21)16-5-4-14(10-18)22-16;;/h12-16H,4-11,18H2,1-3H3,(H,19,21);2*1H/t14-,15?,16+;;/m1../s1. The molecule has 3 N–H and O–H groups in total. The van der Waals surface area contributed by atoms with E-state index in [1.165, 1.54) is 12.8 Å². The number of hydrogen-bond acceptors (Lipinski definition) is 4. The zero-order chi connectivity index (χ0) is 16.1. The van der Waals surface area contributed by atoms with Gasteiger partial charge in [-0.25, -0.2) is 0 Å². The van der Waals surface area contributed by atoms with E-state index in [0.717, 1.165) is 38.4 Å². The van der Waals surface area contributed by atoms with Crippen molar-refractivity contribution in [2.75, 3.05) is 26.2 Å². The maximum atomic E-state index is 12.3. The normalized spacial score (nSPS) is 26.5. The molecule has 3 atom stereocenters. The molecule has 144 valence electrons. The van der Waals surface area contributed by atoms with Gasteiger partial charge in [-0.1, -0.05) is 20.8 Å². The monoisotopic (exact) mass is 383 g/mol. The number of amides is 1. The molecule has 2 saturated heterocycles. The van der Waals surface area contributed by atoms with Crippen molar-refractivity contribution in [3.8, 4) is 0 Å². The van der Waals surface area contributed by atoms with Crippen LogP contribution in [0.3, 0.4) is 0 Å². The molecule has 7 heteroatoms. The quantitative estimate of drug-likeness (QED) is 0.737. The molecule has 2 aliphatic rings. The molecular weight excluding hydrogens is 349 g/mol. The molecule has 0 aromatic heterocycles. The van der Waals surface area contributed by atoms with Gasteiger partial charge in [-0.2, -0.15) is 0 Å². The highest BCUT2D eigenvalue weighted by molar-refractivity contribution is 5.85. The molecule has 1 unspecified atom stereocenters. The Hall–Kier alpha value is -0.0700. The van der Waals surface area contributed by atoms with Crippen LogP contribution in [0.4, 0.5) is 0 Å². The molecule has 0 aliphatic carbocycles. The summed E-state index contributed by atoms with van der Waals surface area (Å²) in [6, 6.07) is 0.420. The van der Waals surface area contributed by atoms with Crippen LogP contribution in [0.15, 0.2) is 0 Å². The number of carbonyl (C=O) groups is 1. The van der Waals surface area contributed by atoms with Gasteiger partial charge in [-0.05, 0) is 50.6 Å². The van der Waals surface area contributed by atoms with Crippen molar-refractivity contribution in [2.24, 2.45) is 17.6 Å². The van der Waals surface area contributed by atoms with E-state index in [2.05, 4.69) is 31.0 Å². The van der Waals surface area contributed by atoms with Gasteiger partial charge in [0.05, 0.1) is 6.10 Å². The summed E-state index contributed by atoms with van der Waals surface area (Å²) in [5.41, 5.74) is 5.60. The molecule has 2 aliphatic heterocycles. The minimum absolute atomic E-state index is 0. The van der Waals surface area contributed by atoms with E-state index in [9.17, 15) is 4.79 Å². The van der Waals surface area contributed by atoms with Crippen LogP contribution in [-0.2, 0) is 9.53 Å². The van der Waals surface area contributed by atoms with Gasteiger partial charge in [-0.3, -0.25) is 9.69 Å². The van der Waals surface area contributed by atoms with E-state index in [1.54, 1.807) is 0 Å². The zero-order valence-corrected chi connectivity index (χ0v) is 16.8. The molecule has 2 heterocycles. The summed E-state index contributed by atoms with van der Waals surface area (Å²) >= 11 is 0. The fraction of sp³-hybridized carbons (Fsp3) is 0.941. The maximum Gasteiger partial charge on any atom is 0.249 e. The fourth-order valence-corrected chi connectivity index (χ4v) is 3.54. The number of halogens is 2. The Labute approximate surface area is 159 Å². The Morgan fingerprint density at radius 1 is 1.21 bits per heavy atom. The predicted octanol–water partition coefficient (Wildman–Crippen LogP) is 2.21. The van der Waals surface area contributed by atoms with Crippen molar-refractivity contribution in [1.29, 1.82) is 0 Å². The number of nitrogens with one attached hydrogen (secondary N) is 1. The van der Waals surface area contributed by atoms with Crippen molar-refractivity contribution < 1.29 is 9.53 Å². The van der Waals surface area contributed by atoms with Crippen molar-refractivity contribution in [1.82, 2.24) is 10.2 Å². The van der Waals surface area contributed by atoms with Crippen LogP contribution in [-0.4, -0.2) is 55.2 Å². The van der Waals surface area contributed by atoms with Gasteiger partial charge in [-0.15, -0.1) is 24.8 Å². The topological polar surface area (TPSA) is 67.6 Å². The summed E-state index contributed by atoms with van der Waals surface area (Å²) in [7, 11) is 0. The van der Waals surface area contributed by atoms with Crippen LogP contribution in [0.1, 0.15) is 46.5 Å². The van der Waals surface area contributed by atoms with Gasteiger partial charge in [0.1, 0.15) is 6.10 Å². The largest absolute Gasteiger partial charge is 0.364 e. The van der Waals surface area contributed by atoms with E-state index < -0.39 is 0 Å². The third kappa shape index (κ3) is 6.68. The molecular formula is C17H35Cl2N3O2. The zero-order valence-electron chi connectivity index (χ0n) is 15.2. The SMILES string of the molecule is CC1CCN(C(CNC(=O)[C@@H]2CC[C@H](CN)O2)C(C)C)CC1.Cl.Cl. The van der Waals surface area contributed by atoms with E-state index in [0.29, 0.717) is 18.5 Å². The summed E-state index contributed by atoms with van der Waals surface area (Å²) in [5, 5.41) is 3.11. The third-order valence-electron chi connectivity index (χ3n) is 5.21. The van der Waals surface area contributed by atoms with Crippen molar-refractivity contribution in [3.05, 3.63) is 0 Å². The number of hydrogen-bond donors (Lipinski definition) is 2. The van der Waals surface area contributed by atoms with Crippen molar-refractivity contribution >= 4 is 30.7 Å². The second-order valence-electron chi connectivity index (χ2n) is 7.33. The first-order valence-electron chi connectivity index (χ1n) is 8.88. The Kier molecular flexibility index (Phi) is 11.5. The highest BCUT2D eigenvalue weighted by atomic mass is 35.5. The van der Waals surface area contributed by atoms with Crippen LogP contribution in [0.5, 0.6) is 0 Å². The summed E-state index contributed by atoms with van der Waals surface area (Å²) in [6.07, 6.45) is 3.97. The molecule has 0 spiro atoms. The van der Waals surface area contributed by atoms with E-state index in [4.69, 9.17) is 10.5 Å². The number of likely N-dealkylation sites (tertiary alicyclic amines) is 1. The average Bonchev–Trinajstić information content (AvgIpc) is 2.98. The minimum Gasteiger partial charge on any atom is -0.364 e. The number of carbonyl (C=O) groups excluding carboxylic acids is 1. The highest BCUT2D eigenvalue weighted by Gasteiger charge is 2.31. The molecule has 0 aromatic rings. The average molecular weight is 384 g/mol.